The van der Waals surface area contributed by atoms with Crippen LogP contribution in [0.5, 0.6) is 0 Å². The Balaban J connectivity index is 0.00000261. The second-order valence-electron chi connectivity index (χ2n) is 6.35. The summed E-state index contributed by atoms with van der Waals surface area (Å²) in [5, 5.41) is 8.26. The van der Waals surface area contributed by atoms with Crippen LogP contribution in [0.3, 0.4) is 0 Å². The van der Waals surface area contributed by atoms with Gasteiger partial charge in [0, 0.05) is 19.6 Å². The molecule has 0 fully saturated rings. The van der Waals surface area contributed by atoms with Gasteiger partial charge in [-0.15, -0.1) is 17.5 Å². The van der Waals surface area contributed by atoms with Gasteiger partial charge >= 0.3 is 0 Å². The highest BCUT2D eigenvalue weighted by molar-refractivity contribution is 5.93. The van der Waals surface area contributed by atoms with Crippen LogP contribution in [-0.2, 0) is 0 Å². The van der Waals surface area contributed by atoms with Crippen LogP contribution >= 0.6 is 12.4 Å². The van der Waals surface area contributed by atoms with E-state index in [2.05, 4.69) is 22.4 Å². The van der Waals surface area contributed by atoms with Gasteiger partial charge in [0.2, 0.25) is 0 Å². The average molecular weight is 386 g/mol. The second kappa shape index (κ2) is 8.79. The maximum Gasteiger partial charge on any atom is 0.276 e. The second-order valence-corrected chi connectivity index (χ2v) is 6.35. The summed E-state index contributed by atoms with van der Waals surface area (Å²) < 4.78 is 1.68. The Labute approximate surface area is 165 Å². The van der Waals surface area contributed by atoms with Crippen molar-refractivity contribution in [2.24, 2.45) is 5.73 Å². The number of rotatable bonds is 5. The molecule has 142 valence electrons. The Morgan fingerprint density at radius 2 is 1.70 bits per heavy atom. The van der Waals surface area contributed by atoms with Gasteiger partial charge in [-0.05, 0) is 37.1 Å². The summed E-state index contributed by atoms with van der Waals surface area (Å²) in [6.45, 7) is 4.15. The normalized spacial score (nSPS) is 11.6. The number of benzene rings is 2. The van der Waals surface area contributed by atoms with Crippen molar-refractivity contribution in [3.05, 3.63) is 66.0 Å². The number of aromatic nitrogens is 3. The molecule has 0 aliphatic rings. The fourth-order valence-corrected chi connectivity index (χ4v) is 2.72. The minimum absolute atomic E-state index is 0. The molecule has 2 N–H and O–H groups in total. The van der Waals surface area contributed by atoms with Crippen molar-refractivity contribution < 1.29 is 4.79 Å². The highest BCUT2D eigenvalue weighted by Crippen LogP contribution is 2.21. The van der Waals surface area contributed by atoms with Gasteiger partial charge < -0.3 is 10.6 Å². The number of amides is 1. The molecule has 0 bridgehead atoms. The zero-order chi connectivity index (χ0) is 18.7. The van der Waals surface area contributed by atoms with E-state index in [1.807, 2.05) is 56.3 Å². The third kappa shape index (κ3) is 4.18. The molecular formula is C20H24ClN5O. The first-order valence-corrected chi connectivity index (χ1v) is 8.58. The Kier molecular flexibility index (Phi) is 6.71. The summed E-state index contributed by atoms with van der Waals surface area (Å²) >= 11 is 0. The van der Waals surface area contributed by atoms with Crippen molar-refractivity contribution in [2.75, 3.05) is 13.6 Å². The molecule has 27 heavy (non-hydrogen) atoms. The van der Waals surface area contributed by atoms with E-state index in [0.29, 0.717) is 17.9 Å². The first-order chi connectivity index (χ1) is 12.5. The van der Waals surface area contributed by atoms with E-state index < -0.39 is 0 Å². The highest BCUT2D eigenvalue weighted by atomic mass is 35.5. The maximum atomic E-state index is 12.6. The summed E-state index contributed by atoms with van der Waals surface area (Å²) in [6, 6.07) is 18.1. The van der Waals surface area contributed by atoms with Crippen LogP contribution in [0.1, 0.15) is 23.1 Å². The van der Waals surface area contributed by atoms with Crippen molar-refractivity contribution in [3.8, 4) is 16.8 Å². The first kappa shape index (κ1) is 20.6. The summed E-state index contributed by atoms with van der Waals surface area (Å²) in [4.78, 5) is 14.2. The van der Waals surface area contributed by atoms with Gasteiger partial charge in [-0.1, -0.05) is 47.7 Å². The molecule has 1 aromatic heterocycles. The van der Waals surface area contributed by atoms with Crippen LogP contribution in [-0.4, -0.2) is 45.4 Å². The van der Waals surface area contributed by atoms with Gasteiger partial charge in [-0.3, -0.25) is 4.79 Å². The van der Waals surface area contributed by atoms with E-state index in [-0.39, 0.29) is 24.4 Å². The third-order valence-corrected chi connectivity index (χ3v) is 4.64. The molecule has 2 aromatic carbocycles. The Morgan fingerprint density at radius 1 is 1.11 bits per heavy atom. The van der Waals surface area contributed by atoms with Crippen molar-refractivity contribution >= 4 is 18.3 Å². The van der Waals surface area contributed by atoms with Crippen LogP contribution in [0.2, 0.25) is 0 Å². The number of carbonyl (C=O) groups excluding carboxylic acids is 1. The number of carbonyl (C=O) groups is 1. The topological polar surface area (TPSA) is 77.0 Å². The Bertz CT molecular complexity index is 892. The molecule has 0 aliphatic carbocycles. The molecule has 3 aromatic rings. The van der Waals surface area contributed by atoms with E-state index in [0.717, 1.165) is 16.8 Å². The predicted octanol–water partition coefficient (Wildman–Crippen LogP) is 3.08. The predicted molar refractivity (Wildman–Crippen MR) is 109 cm³/mol. The lowest BCUT2D eigenvalue weighted by atomic mass is 10.1. The van der Waals surface area contributed by atoms with Gasteiger partial charge in [0.05, 0.1) is 11.4 Å². The zero-order valence-electron chi connectivity index (χ0n) is 15.7. The molecule has 0 spiro atoms. The molecule has 1 unspecified atom stereocenters. The number of hydrogen-bond donors (Lipinski definition) is 1. The van der Waals surface area contributed by atoms with E-state index in [9.17, 15) is 4.79 Å². The van der Waals surface area contributed by atoms with Crippen molar-refractivity contribution in [1.29, 1.82) is 0 Å². The average Bonchev–Trinajstić information content (AvgIpc) is 3.08. The van der Waals surface area contributed by atoms with Gasteiger partial charge in [0.15, 0.2) is 5.69 Å². The number of halogens is 1. The molecule has 0 saturated carbocycles. The zero-order valence-corrected chi connectivity index (χ0v) is 16.5. The van der Waals surface area contributed by atoms with Gasteiger partial charge in [-0.25, -0.2) is 4.68 Å². The maximum absolute atomic E-state index is 12.6. The molecule has 0 saturated heterocycles. The highest BCUT2D eigenvalue weighted by Gasteiger charge is 2.23. The van der Waals surface area contributed by atoms with Crippen molar-refractivity contribution in [1.82, 2.24) is 19.9 Å². The monoisotopic (exact) mass is 385 g/mol. The lowest BCUT2D eigenvalue weighted by molar-refractivity contribution is 0.0741. The minimum Gasteiger partial charge on any atom is -0.336 e. The van der Waals surface area contributed by atoms with Crippen LogP contribution < -0.4 is 5.73 Å². The molecule has 0 aliphatic heterocycles. The van der Waals surface area contributed by atoms with E-state index in [1.54, 1.807) is 16.6 Å². The van der Waals surface area contributed by atoms with Crippen LogP contribution in [0.4, 0.5) is 0 Å². The standard InChI is InChI=1S/C20H23N5O.ClH/c1-14(13-21)24(3)20(26)19-15(2)25(23-22-19)18-11-9-17(10-12-18)16-7-5-4-6-8-16;/h4-12,14H,13,21H2,1-3H3;1H. The van der Waals surface area contributed by atoms with Crippen LogP contribution in [0, 0.1) is 6.92 Å². The molecule has 3 rings (SSSR count). The molecular weight excluding hydrogens is 362 g/mol. The summed E-state index contributed by atoms with van der Waals surface area (Å²) in [5.74, 6) is -0.174. The molecule has 1 heterocycles. The molecule has 7 heteroatoms. The fraction of sp³-hybridized carbons (Fsp3) is 0.250. The van der Waals surface area contributed by atoms with Crippen molar-refractivity contribution in [2.45, 2.75) is 19.9 Å². The number of hydrogen-bond acceptors (Lipinski definition) is 4. The van der Waals surface area contributed by atoms with E-state index in [1.165, 1.54) is 0 Å². The number of nitrogens with two attached hydrogens (primary N) is 1. The summed E-state index contributed by atoms with van der Waals surface area (Å²) in [6.07, 6.45) is 0. The number of likely N-dealkylation sites (N-methyl/N-ethyl adjacent to an activating group) is 1. The molecule has 1 atom stereocenters. The SMILES string of the molecule is Cc1c(C(=O)N(C)C(C)CN)nnn1-c1ccc(-c2ccccc2)cc1.Cl. The largest absolute Gasteiger partial charge is 0.336 e. The lowest BCUT2D eigenvalue weighted by Crippen LogP contribution is -2.40. The van der Waals surface area contributed by atoms with Crippen LogP contribution in [0.25, 0.3) is 16.8 Å². The fourth-order valence-electron chi connectivity index (χ4n) is 2.72. The number of nitrogens with zero attached hydrogens (tertiary/aromatic N) is 4. The minimum atomic E-state index is -0.174. The van der Waals surface area contributed by atoms with E-state index in [4.69, 9.17) is 5.73 Å². The summed E-state index contributed by atoms with van der Waals surface area (Å²) in [7, 11) is 1.73. The van der Waals surface area contributed by atoms with Gasteiger partial charge in [0.25, 0.3) is 5.91 Å². The molecule has 0 radical (unpaired) electrons. The van der Waals surface area contributed by atoms with Gasteiger partial charge in [0.1, 0.15) is 0 Å². The van der Waals surface area contributed by atoms with Crippen molar-refractivity contribution in [3.63, 3.8) is 0 Å². The third-order valence-electron chi connectivity index (χ3n) is 4.64. The molecule has 6 nitrogen and oxygen atoms in total. The van der Waals surface area contributed by atoms with E-state index >= 15 is 0 Å². The quantitative estimate of drug-likeness (QED) is 0.732. The smallest absolute Gasteiger partial charge is 0.276 e. The Morgan fingerprint density at radius 3 is 2.30 bits per heavy atom. The summed E-state index contributed by atoms with van der Waals surface area (Å²) in [5.41, 5.74) is 9.85. The van der Waals surface area contributed by atoms with Crippen LogP contribution in [0.15, 0.2) is 54.6 Å². The first-order valence-electron chi connectivity index (χ1n) is 8.58. The van der Waals surface area contributed by atoms with Gasteiger partial charge in [-0.2, -0.15) is 0 Å². The lowest BCUT2D eigenvalue weighted by Gasteiger charge is -2.22. The molecule has 1 amide bonds. The Hall–Kier alpha value is -2.70.